The Kier molecular flexibility index (Phi) is 10.3. The number of sulfonamides is 1. The third kappa shape index (κ3) is 7.90. The number of carbonyl (C=O) groups excluding carboxylic acids is 2. The second-order valence-electron chi connectivity index (χ2n) is 11.6. The molecule has 0 bridgehead atoms. The van der Waals surface area contributed by atoms with Crippen molar-refractivity contribution in [1.29, 1.82) is 0 Å². The summed E-state index contributed by atoms with van der Waals surface area (Å²) in [6.07, 6.45) is 2.05. The van der Waals surface area contributed by atoms with E-state index in [0.29, 0.717) is 25.9 Å². The summed E-state index contributed by atoms with van der Waals surface area (Å²) in [5.74, 6) is -0.412. The van der Waals surface area contributed by atoms with Crippen LogP contribution < -0.4 is 10.6 Å². The lowest BCUT2D eigenvalue weighted by Gasteiger charge is -2.37. The second kappa shape index (κ2) is 13.1. The first-order valence-electron chi connectivity index (χ1n) is 13.7. The SMILES string of the molecule is CN[C@@H](C)C(=O)N[C@H](C(=O)N1CCC[C@H]1CN(CCc1ccccc1)S(=O)(=O)c1ccc(C)cc1)C(C)(C)C. The van der Waals surface area contributed by atoms with Crippen molar-refractivity contribution in [3.8, 4) is 0 Å². The highest BCUT2D eigenvalue weighted by molar-refractivity contribution is 7.89. The van der Waals surface area contributed by atoms with Gasteiger partial charge in [-0.25, -0.2) is 8.42 Å². The number of hydrogen-bond donors (Lipinski definition) is 2. The van der Waals surface area contributed by atoms with Crippen LogP contribution in [0.25, 0.3) is 0 Å². The first-order valence-corrected chi connectivity index (χ1v) is 15.2. The molecule has 1 saturated heterocycles. The molecule has 214 valence electrons. The predicted octanol–water partition coefficient (Wildman–Crippen LogP) is 3.36. The Morgan fingerprint density at radius 1 is 1.08 bits per heavy atom. The zero-order valence-electron chi connectivity index (χ0n) is 24.1. The van der Waals surface area contributed by atoms with E-state index in [0.717, 1.165) is 17.5 Å². The fraction of sp³-hybridized carbons (Fsp3) is 0.533. The highest BCUT2D eigenvalue weighted by Crippen LogP contribution is 2.28. The van der Waals surface area contributed by atoms with Gasteiger partial charge in [0.15, 0.2) is 0 Å². The predicted molar refractivity (Wildman–Crippen MR) is 155 cm³/mol. The fourth-order valence-electron chi connectivity index (χ4n) is 4.83. The lowest BCUT2D eigenvalue weighted by Crippen LogP contribution is -2.59. The molecule has 0 saturated carbocycles. The van der Waals surface area contributed by atoms with Crippen molar-refractivity contribution >= 4 is 21.8 Å². The quantitative estimate of drug-likeness (QED) is 0.442. The lowest BCUT2D eigenvalue weighted by molar-refractivity contribution is -0.140. The molecule has 2 amide bonds. The van der Waals surface area contributed by atoms with Gasteiger partial charge in [0, 0.05) is 25.7 Å². The van der Waals surface area contributed by atoms with Gasteiger partial charge in [-0.05, 0) is 63.3 Å². The van der Waals surface area contributed by atoms with E-state index in [2.05, 4.69) is 10.6 Å². The maximum absolute atomic E-state index is 13.9. The number of amides is 2. The van der Waals surface area contributed by atoms with Crippen LogP contribution in [0.3, 0.4) is 0 Å². The van der Waals surface area contributed by atoms with E-state index in [-0.39, 0.29) is 29.3 Å². The zero-order valence-corrected chi connectivity index (χ0v) is 24.9. The molecule has 1 aliphatic rings. The number of nitrogens with one attached hydrogen (secondary N) is 2. The first-order chi connectivity index (χ1) is 18.3. The Morgan fingerprint density at radius 3 is 2.31 bits per heavy atom. The molecule has 1 fully saturated rings. The van der Waals surface area contributed by atoms with Crippen LogP contribution in [-0.4, -0.2) is 74.2 Å². The van der Waals surface area contributed by atoms with Crippen molar-refractivity contribution in [2.75, 3.05) is 26.7 Å². The molecule has 1 aliphatic heterocycles. The van der Waals surface area contributed by atoms with Crippen molar-refractivity contribution in [3.05, 3.63) is 65.7 Å². The molecule has 9 heteroatoms. The van der Waals surface area contributed by atoms with E-state index >= 15 is 0 Å². The largest absolute Gasteiger partial charge is 0.342 e. The van der Waals surface area contributed by atoms with Gasteiger partial charge in [0.05, 0.1) is 10.9 Å². The molecule has 0 aromatic heterocycles. The molecule has 2 aromatic carbocycles. The van der Waals surface area contributed by atoms with Gasteiger partial charge in [-0.2, -0.15) is 4.31 Å². The van der Waals surface area contributed by atoms with E-state index in [1.165, 1.54) is 4.31 Å². The van der Waals surface area contributed by atoms with Gasteiger partial charge < -0.3 is 15.5 Å². The monoisotopic (exact) mass is 556 g/mol. The molecule has 8 nitrogen and oxygen atoms in total. The minimum absolute atomic E-state index is 0.169. The summed E-state index contributed by atoms with van der Waals surface area (Å²) < 4.78 is 29.2. The molecule has 0 spiro atoms. The van der Waals surface area contributed by atoms with Crippen molar-refractivity contribution in [2.45, 2.75) is 76.9 Å². The maximum atomic E-state index is 13.9. The number of likely N-dealkylation sites (tertiary alicyclic amines) is 1. The van der Waals surface area contributed by atoms with Gasteiger partial charge in [-0.1, -0.05) is 68.8 Å². The van der Waals surface area contributed by atoms with Gasteiger partial charge in [0.1, 0.15) is 6.04 Å². The minimum Gasteiger partial charge on any atom is -0.342 e. The van der Waals surface area contributed by atoms with Crippen LogP contribution >= 0.6 is 0 Å². The number of benzene rings is 2. The fourth-order valence-corrected chi connectivity index (χ4v) is 6.31. The number of nitrogens with zero attached hydrogens (tertiary/aromatic N) is 2. The standard InChI is InChI=1S/C30H44N4O4S/c1-22-14-16-26(17-15-22)39(37,38)33(20-18-24-11-8-7-9-12-24)21-25-13-10-19-34(25)29(36)27(30(3,4)5)32-28(35)23(2)31-6/h7-9,11-12,14-17,23,25,27,31H,10,13,18-21H2,1-6H3,(H,32,35)/t23-,25-,27+/m0/s1. The molecule has 0 radical (unpaired) electrons. The molecule has 0 aliphatic carbocycles. The van der Waals surface area contributed by atoms with Gasteiger partial charge in [-0.3, -0.25) is 9.59 Å². The summed E-state index contributed by atoms with van der Waals surface area (Å²) in [6, 6.07) is 15.3. The third-order valence-corrected chi connectivity index (χ3v) is 9.33. The van der Waals surface area contributed by atoms with E-state index in [9.17, 15) is 18.0 Å². The first kappa shape index (κ1) is 30.8. The highest BCUT2D eigenvalue weighted by atomic mass is 32.2. The van der Waals surface area contributed by atoms with E-state index in [1.54, 1.807) is 43.1 Å². The molecule has 2 aromatic rings. The number of likely N-dealkylation sites (N-methyl/N-ethyl adjacent to an activating group) is 1. The Balaban J connectivity index is 1.87. The third-order valence-electron chi connectivity index (χ3n) is 7.45. The Morgan fingerprint density at radius 2 is 1.72 bits per heavy atom. The van der Waals surface area contributed by atoms with Crippen LogP contribution in [-0.2, 0) is 26.0 Å². The molecule has 3 atom stereocenters. The summed E-state index contributed by atoms with van der Waals surface area (Å²) in [6.45, 7) is 10.5. The van der Waals surface area contributed by atoms with Gasteiger partial charge >= 0.3 is 0 Å². The van der Waals surface area contributed by atoms with Crippen LogP contribution in [0.2, 0.25) is 0 Å². The Bertz CT molecular complexity index is 1210. The van der Waals surface area contributed by atoms with E-state index in [1.807, 2.05) is 58.0 Å². The number of aryl methyl sites for hydroxylation is 1. The van der Waals surface area contributed by atoms with E-state index in [4.69, 9.17) is 0 Å². The summed E-state index contributed by atoms with van der Waals surface area (Å²) in [7, 11) is -2.09. The number of carbonyl (C=O) groups is 2. The smallest absolute Gasteiger partial charge is 0.245 e. The molecular formula is C30H44N4O4S. The van der Waals surface area contributed by atoms with Gasteiger partial charge in [0.25, 0.3) is 0 Å². The molecule has 1 heterocycles. The molecule has 3 rings (SSSR count). The van der Waals surface area contributed by atoms with Crippen LogP contribution in [0.5, 0.6) is 0 Å². The molecule has 2 N–H and O–H groups in total. The average molecular weight is 557 g/mol. The van der Waals surface area contributed by atoms with Crippen LogP contribution in [0.1, 0.15) is 51.7 Å². The number of hydrogen-bond acceptors (Lipinski definition) is 5. The van der Waals surface area contributed by atoms with Crippen molar-refractivity contribution < 1.29 is 18.0 Å². The zero-order chi connectivity index (χ0) is 28.8. The topological polar surface area (TPSA) is 98.8 Å². The molecular weight excluding hydrogens is 512 g/mol. The summed E-state index contributed by atoms with van der Waals surface area (Å²) in [4.78, 5) is 28.6. The second-order valence-corrected chi connectivity index (χ2v) is 13.5. The highest BCUT2D eigenvalue weighted by Gasteiger charge is 2.41. The van der Waals surface area contributed by atoms with Crippen molar-refractivity contribution in [3.63, 3.8) is 0 Å². The molecule has 39 heavy (non-hydrogen) atoms. The summed E-state index contributed by atoms with van der Waals surface area (Å²) in [5, 5.41) is 5.86. The van der Waals surface area contributed by atoms with Crippen LogP contribution in [0.4, 0.5) is 0 Å². The van der Waals surface area contributed by atoms with Crippen molar-refractivity contribution in [2.24, 2.45) is 5.41 Å². The summed E-state index contributed by atoms with van der Waals surface area (Å²) >= 11 is 0. The van der Waals surface area contributed by atoms with Gasteiger partial charge in [-0.15, -0.1) is 0 Å². The van der Waals surface area contributed by atoms with Crippen LogP contribution in [0.15, 0.2) is 59.5 Å². The number of rotatable bonds is 11. The van der Waals surface area contributed by atoms with Gasteiger partial charge in [0.2, 0.25) is 21.8 Å². The average Bonchev–Trinajstić information content (AvgIpc) is 3.37. The summed E-state index contributed by atoms with van der Waals surface area (Å²) in [5.41, 5.74) is 1.52. The van der Waals surface area contributed by atoms with Crippen LogP contribution in [0, 0.1) is 12.3 Å². The molecule has 0 unspecified atom stereocenters. The minimum atomic E-state index is -3.79. The Labute approximate surface area is 234 Å². The van der Waals surface area contributed by atoms with E-state index < -0.39 is 27.5 Å². The normalized spacial score (nSPS) is 17.7. The lowest BCUT2D eigenvalue weighted by atomic mass is 9.85. The van der Waals surface area contributed by atoms with Crippen molar-refractivity contribution in [1.82, 2.24) is 19.8 Å². The Hall–Kier alpha value is -2.75. The maximum Gasteiger partial charge on any atom is 0.245 e.